The number of hydrogen-bond donors (Lipinski definition) is 2. The predicted octanol–water partition coefficient (Wildman–Crippen LogP) is 0.744. The SMILES string of the molecule is CCNc1ncc2c(n1)N(CC)C(=O)C(=CC(=O)OC)N2. The van der Waals surface area contributed by atoms with Gasteiger partial charge in [0, 0.05) is 13.1 Å². The minimum atomic E-state index is -0.601. The fourth-order valence-electron chi connectivity index (χ4n) is 1.92. The van der Waals surface area contributed by atoms with E-state index in [1.807, 2.05) is 13.8 Å². The predicted molar refractivity (Wildman–Crippen MR) is 77.9 cm³/mol. The zero-order valence-corrected chi connectivity index (χ0v) is 12.1. The molecule has 0 saturated carbocycles. The third-order valence-electron chi connectivity index (χ3n) is 2.88. The molecule has 0 fully saturated rings. The van der Waals surface area contributed by atoms with Crippen LogP contribution in [0.25, 0.3) is 0 Å². The number of carbonyl (C=O) groups excluding carboxylic acids is 2. The second-order valence-corrected chi connectivity index (χ2v) is 4.22. The number of ether oxygens (including phenoxy) is 1. The van der Waals surface area contributed by atoms with E-state index in [2.05, 4.69) is 25.3 Å². The maximum absolute atomic E-state index is 12.3. The summed E-state index contributed by atoms with van der Waals surface area (Å²) in [5.41, 5.74) is 0.698. The number of esters is 1. The smallest absolute Gasteiger partial charge is 0.332 e. The normalized spacial score (nSPS) is 15.5. The van der Waals surface area contributed by atoms with E-state index < -0.39 is 5.97 Å². The molecule has 112 valence electrons. The molecule has 8 nitrogen and oxygen atoms in total. The number of likely N-dealkylation sites (N-methyl/N-ethyl adjacent to an activating group) is 1. The van der Waals surface area contributed by atoms with Gasteiger partial charge in [0.2, 0.25) is 5.95 Å². The summed E-state index contributed by atoms with van der Waals surface area (Å²) in [5.74, 6) is -0.00717. The molecular weight excluding hydrogens is 274 g/mol. The van der Waals surface area contributed by atoms with Gasteiger partial charge < -0.3 is 15.4 Å². The molecule has 0 radical (unpaired) electrons. The molecule has 1 aliphatic heterocycles. The van der Waals surface area contributed by atoms with Gasteiger partial charge in [-0.2, -0.15) is 4.98 Å². The monoisotopic (exact) mass is 291 g/mol. The maximum atomic E-state index is 12.3. The summed E-state index contributed by atoms with van der Waals surface area (Å²) < 4.78 is 4.54. The second kappa shape index (κ2) is 6.21. The average Bonchev–Trinajstić information content (AvgIpc) is 2.48. The Morgan fingerprint density at radius 1 is 1.52 bits per heavy atom. The van der Waals surface area contributed by atoms with Gasteiger partial charge in [-0.05, 0) is 13.8 Å². The van der Waals surface area contributed by atoms with Crippen LogP contribution in [-0.4, -0.2) is 42.0 Å². The largest absolute Gasteiger partial charge is 0.466 e. The topological polar surface area (TPSA) is 96.5 Å². The highest BCUT2D eigenvalue weighted by Gasteiger charge is 2.29. The van der Waals surface area contributed by atoms with E-state index in [1.165, 1.54) is 12.0 Å². The lowest BCUT2D eigenvalue weighted by atomic mass is 10.2. The van der Waals surface area contributed by atoms with E-state index in [0.29, 0.717) is 30.5 Å². The van der Waals surface area contributed by atoms with E-state index in [1.54, 1.807) is 6.20 Å². The van der Waals surface area contributed by atoms with Crippen molar-refractivity contribution in [3.05, 3.63) is 18.0 Å². The van der Waals surface area contributed by atoms with Crippen LogP contribution in [0.5, 0.6) is 0 Å². The molecule has 0 aromatic carbocycles. The molecule has 1 aromatic heterocycles. The zero-order chi connectivity index (χ0) is 15.4. The van der Waals surface area contributed by atoms with Crippen molar-refractivity contribution in [1.29, 1.82) is 0 Å². The Labute approximate surface area is 122 Å². The van der Waals surface area contributed by atoms with Crippen LogP contribution in [0.4, 0.5) is 17.5 Å². The molecule has 8 heteroatoms. The first-order valence-electron chi connectivity index (χ1n) is 6.60. The Hall–Kier alpha value is -2.64. The summed E-state index contributed by atoms with van der Waals surface area (Å²) in [6.07, 6.45) is 2.69. The van der Waals surface area contributed by atoms with Gasteiger partial charge in [0.1, 0.15) is 11.4 Å². The first-order valence-corrected chi connectivity index (χ1v) is 6.60. The number of methoxy groups -OCH3 is 1. The molecule has 2 heterocycles. The summed E-state index contributed by atoms with van der Waals surface area (Å²) in [5, 5.41) is 5.85. The van der Waals surface area contributed by atoms with Crippen molar-refractivity contribution in [1.82, 2.24) is 9.97 Å². The summed E-state index contributed by atoms with van der Waals surface area (Å²) >= 11 is 0. The Morgan fingerprint density at radius 2 is 2.29 bits per heavy atom. The third kappa shape index (κ3) is 2.93. The molecule has 2 rings (SSSR count). The fraction of sp³-hybridized carbons (Fsp3) is 0.385. The number of amides is 1. The van der Waals surface area contributed by atoms with Gasteiger partial charge in [-0.1, -0.05) is 0 Å². The average molecular weight is 291 g/mol. The summed E-state index contributed by atoms with van der Waals surface area (Å²) in [6, 6.07) is 0. The lowest BCUT2D eigenvalue weighted by Crippen LogP contribution is -2.39. The molecule has 0 aliphatic carbocycles. The quantitative estimate of drug-likeness (QED) is 0.624. The molecule has 1 aliphatic rings. The molecular formula is C13H17N5O3. The van der Waals surface area contributed by atoms with Crippen molar-refractivity contribution in [3.8, 4) is 0 Å². The van der Waals surface area contributed by atoms with E-state index >= 15 is 0 Å². The maximum Gasteiger partial charge on any atom is 0.332 e. The van der Waals surface area contributed by atoms with Crippen molar-refractivity contribution in [2.45, 2.75) is 13.8 Å². The van der Waals surface area contributed by atoms with Crippen molar-refractivity contribution in [2.75, 3.05) is 35.7 Å². The standard InChI is InChI=1S/C13H17N5O3/c1-4-14-13-15-7-9-11(17-13)18(5-2)12(20)8(16-9)6-10(19)21-3/h6-7,16H,4-5H2,1-3H3,(H,14,15,17). The van der Waals surface area contributed by atoms with Crippen LogP contribution in [-0.2, 0) is 14.3 Å². The number of anilines is 3. The lowest BCUT2D eigenvalue weighted by Gasteiger charge is -2.29. The van der Waals surface area contributed by atoms with Crippen LogP contribution < -0.4 is 15.5 Å². The van der Waals surface area contributed by atoms with Gasteiger partial charge in [-0.3, -0.25) is 9.69 Å². The van der Waals surface area contributed by atoms with Crippen LogP contribution in [0, 0.1) is 0 Å². The summed E-state index contributed by atoms with van der Waals surface area (Å²) in [6.45, 7) is 4.87. The minimum Gasteiger partial charge on any atom is -0.466 e. The highest BCUT2D eigenvalue weighted by molar-refractivity contribution is 6.14. The van der Waals surface area contributed by atoms with Gasteiger partial charge in [-0.15, -0.1) is 0 Å². The second-order valence-electron chi connectivity index (χ2n) is 4.22. The zero-order valence-electron chi connectivity index (χ0n) is 12.1. The number of carbonyl (C=O) groups is 2. The van der Waals surface area contributed by atoms with Crippen LogP contribution in [0.15, 0.2) is 18.0 Å². The van der Waals surface area contributed by atoms with Crippen LogP contribution in [0.3, 0.4) is 0 Å². The molecule has 0 spiro atoms. The number of aromatic nitrogens is 2. The molecule has 0 atom stereocenters. The van der Waals surface area contributed by atoms with Gasteiger partial charge >= 0.3 is 5.97 Å². The van der Waals surface area contributed by atoms with Crippen molar-refractivity contribution in [2.24, 2.45) is 0 Å². The highest BCUT2D eigenvalue weighted by atomic mass is 16.5. The van der Waals surface area contributed by atoms with Gasteiger partial charge in [-0.25, -0.2) is 9.78 Å². The first-order chi connectivity index (χ1) is 10.1. The Morgan fingerprint density at radius 3 is 2.90 bits per heavy atom. The Balaban J connectivity index is 2.42. The molecule has 1 aromatic rings. The molecule has 0 saturated heterocycles. The molecule has 1 amide bonds. The summed E-state index contributed by atoms with van der Waals surface area (Å²) in [4.78, 5) is 33.6. The van der Waals surface area contributed by atoms with Gasteiger partial charge in [0.05, 0.1) is 19.4 Å². The van der Waals surface area contributed by atoms with Crippen molar-refractivity contribution >= 4 is 29.3 Å². The van der Waals surface area contributed by atoms with Crippen LogP contribution in [0.1, 0.15) is 13.8 Å². The Bertz CT molecular complexity index is 599. The van der Waals surface area contributed by atoms with E-state index in [9.17, 15) is 9.59 Å². The number of nitrogens with zero attached hydrogens (tertiary/aromatic N) is 3. The highest BCUT2D eigenvalue weighted by Crippen LogP contribution is 2.30. The van der Waals surface area contributed by atoms with E-state index in [0.717, 1.165) is 6.08 Å². The molecule has 2 N–H and O–H groups in total. The summed E-state index contributed by atoms with van der Waals surface area (Å²) in [7, 11) is 1.25. The number of fused-ring (bicyclic) bond motifs is 1. The Kier molecular flexibility index (Phi) is 4.36. The number of rotatable bonds is 4. The van der Waals surface area contributed by atoms with Crippen LogP contribution in [0.2, 0.25) is 0 Å². The van der Waals surface area contributed by atoms with E-state index in [-0.39, 0.29) is 11.6 Å². The van der Waals surface area contributed by atoms with Crippen LogP contribution >= 0.6 is 0 Å². The third-order valence-corrected chi connectivity index (χ3v) is 2.88. The molecule has 0 bridgehead atoms. The molecule has 0 unspecified atom stereocenters. The lowest BCUT2D eigenvalue weighted by molar-refractivity contribution is -0.135. The van der Waals surface area contributed by atoms with E-state index in [4.69, 9.17) is 0 Å². The molecule has 21 heavy (non-hydrogen) atoms. The first kappa shape index (κ1) is 14.8. The van der Waals surface area contributed by atoms with Gasteiger partial charge in [0.25, 0.3) is 5.91 Å². The van der Waals surface area contributed by atoms with Gasteiger partial charge in [0.15, 0.2) is 5.82 Å². The number of hydrogen-bond acceptors (Lipinski definition) is 7. The minimum absolute atomic E-state index is 0.135. The fourth-order valence-corrected chi connectivity index (χ4v) is 1.92. The van der Waals surface area contributed by atoms with Crippen molar-refractivity contribution < 1.29 is 14.3 Å². The van der Waals surface area contributed by atoms with Crippen molar-refractivity contribution in [3.63, 3.8) is 0 Å². The number of nitrogens with one attached hydrogen (secondary N) is 2.